The summed E-state index contributed by atoms with van der Waals surface area (Å²) in [5.41, 5.74) is -0.756. The molecule has 1 aromatic heterocycles. The Balaban J connectivity index is 1.53. The average molecular weight is 467 g/mol. The number of carbonyl (C=O) groups excluding carboxylic acids is 1. The van der Waals surface area contributed by atoms with Crippen LogP contribution in [0.2, 0.25) is 5.02 Å². The number of carbonyl (C=O) groups is 1. The number of aliphatic hydroxyl groups is 1. The van der Waals surface area contributed by atoms with Crippen LogP contribution < -0.4 is 10.2 Å². The summed E-state index contributed by atoms with van der Waals surface area (Å²) in [6.45, 7) is 1.54. The lowest BCUT2D eigenvalue weighted by atomic mass is 9.82. The summed E-state index contributed by atoms with van der Waals surface area (Å²) < 4.78 is 27.5. The van der Waals surface area contributed by atoms with Gasteiger partial charge in [0.15, 0.2) is 0 Å². The normalized spacial score (nSPS) is 25.5. The molecule has 1 aromatic carbocycles. The zero-order valence-electron chi connectivity index (χ0n) is 18.4. The number of halogens is 3. The van der Waals surface area contributed by atoms with Gasteiger partial charge in [0.25, 0.3) is 11.8 Å². The predicted molar refractivity (Wildman–Crippen MR) is 122 cm³/mol. The fourth-order valence-electron chi connectivity index (χ4n) is 4.76. The molecule has 1 unspecified atom stereocenters. The van der Waals surface area contributed by atoms with E-state index in [1.807, 2.05) is 12.1 Å². The Bertz CT molecular complexity index is 1020. The van der Waals surface area contributed by atoms with E-state index in [1.165, 1.54) is 0 Å². The molecule has 2 aliphatic rings. The molecular formula is C23H29ClF2N4O2. The monoisotopic (exact) mass is 466 g/mol. The Morgan fingerprint density at radius 2 is 2.09 bits per heavy atom. The van der Waals surface area contributed by atoms with Crippen molar-refractivity contribution in [2.24, 2.45) is 0 Å². The largest absolute Gasteiger partial charge is 0.388 e. The molecule has 174 valence electrons. The van der Waals surface area contributed by atoms with Crippen molar-refractivity contribution >= 4 is 34.2 Å². The minimum atomic E-state index is -2.92. The number of aromatic nitrogens is 1. The van der Waals surface area contributed by atoms with Crippen molar-refractivity contribution in [3.8, 4) is 0 Å². The van der Waals surface area contributed by atoms with Crippen molar-refractivity contribution in [3.05, 3.63) is 34.9 Å². The molecule has 1 aliphatic heterocycles. The SMILES string of the molecule is CN(C)[C@H]1CCN(c2ccc3c(C(=O)NCC4(O)CCCC(F)(F)C4)c(Cl)ccc3n2)C1. The summed E-state index contributed by atoms with van der Waals surface area (Å²) in [6, 6.07) is 7.56. The van der Waals surface area contributed by atoms with E-state index < -0.39 is 23.9 Å². The van der Waals surface area contributed by atoms with E-state index in [0.717, 1.165) is 25.3 Å². The van der Waals surface area contributed by atoms with Crippen LogP contribution in [0.3, 0.4) is 0 Å². The van der Waals surface area contributed by atoms with Crippen LogP contribution in [0.15, 0.2) is 24.3 Å². The molecule has 2 heterocycles. The van der Waals surface area contributed by atoms with Gasteiger partial charge in [-0.1, -0.05) is 11.6 Å². The van der Waals surface area contributed by atoms with E-state index in [-0.39, 0.29) is 36.4 Å². The first kappa shape index (κ1) is 23.1. The maximum atomic E-state index is 13.7. The third-order valence-electron chi connectivity index (χ3n) is 6.60. The maximum absolute atomic E-state index is 13.7. The predicted octanol–water partition coefficient (Wildman–Crippen LogP) is 3.70. The van der Waals surface area contributed by atoms with Crippen LogP contribution in [0.25, 0.3) is 10.9 Å². The highest BCUT2D eigenvalue weighted by Crippen LogP contribution is 2.39. The zero-order chi connectivity index (χ0) is 23.1. The summed E-state index contributed by atoms with van der Waals surface area (Å²) in [6.07, 6.45) is 0.604. The second kappa shape index (κ2) is 8.72. The third-order valence-corrected chi connectivity index (χ3v) is 6.92. The van der Waals surface area contributed by atoms with Gasteiger partial charge in [0.1, 0.15) is 5.82 Å². The Hall–Kier alpha value is -2.03. The number of hydrogen-bond donors (Lipinski definition) is 2. The lowest BCUT2D eigenvalue weighted by Crippen LogP contribution is -2.49. The first-order valence-electron chi connectivity index (χ1n) is 11.0. The Labute approximate surface area is 191 Å². The summed E-state index contributed by atoms with van der Waals surface area (Å²) in [5.74, 6) is -2.59. The Morgan fingerprint density at radius 1 is 1.31 bits per heavy atom. The number of alkyl halides is 2. The quantitative estimate of drug-likeness (QED) is 0.703. The fraction of sp³-hybridized carbons (Fsp3) is 0.565. The summed E-state index contributed by atoms with van der Waals surface area (Å²) >= 11 is 6.33. The fourth-order valence-corrected chi connectivity index (χ4v) is 5.01. The van der Waals surface area contributed by atoms with Crippen LogP contribution in [0.1, 0.15) is 42.5 Å². The van der Waals surface area contributed by atoms with E-state index in [0.29, 0.717) is 16.9 Å². The highest BCUT2D eigenvalue weighted by Gasteiger charge is 2.44. The smallest absolute Gasteiger partial charge is 0.253 e. The van der Waals surface area contributed by atoms with Gasteiger partial charge < -0.3 is 20.2 Å². The van der Waals surface area contributed by atoms with Gasteiger partial charge in [-0.2, -0.15) is 0 Å². The molecule has 1 saturated heterocycles. The number of hydrogen-bond acceptors (Lipinski definition) is 5. The first-order chi connectivity index (χ1) is 15.1. The minimum absolute atomic E-state index is 0.215. The van der Waals surface area contributed by atoms with Gasteiger partial charge in [0.05, 0.1) is 21.7 Å². The second-order valence-electron chi connectivity index (χ2n) is 9.30. The zero-order valence-corrected chi connectivity index (χ0v) is 19.1. The van der Waals surface area contributed by atoms with E-state index in [9.17, 15) is 18.7 Å². The number of rotatable bonds is 5. The van der Waals surface area contributed by atoms with Crippen molar-refractivity contribution in [2.45, 2.75) is 49.7 Å². The second-order valence-corrected chi connectivity index (χ2v) is 9.71. The Morgan fingerprint density at radius 3 is 2.78 bits per heavy atom. The summed E-state index contributed by atoms with van der Waals surface area (Å²) in [7, 11) is 4.14. The lowest BCUT2D eigenvalue weighted by Gasteiger charge is -2.36. The lowest BCUT2D eigenvalue weighted by molar-refractivity contribution is -0.121. The number of pyridine rings is 1. The van der Waals surface area contributed by atoms with Crippen molar-refractivity contribution in [1.29, 1.82) is 0 Å². The highest BCUT2D eigenvalue weighted by molar-refractivity contribution is 6.35. The van der Waals surface area contributed by atoms with Gasteiger partial charge in [0, 0.05) is 43.9 Å². The standard InChI is InChI=1S/C23H29ClF2N4O2/c1-29(2)15-8-11-30(12-15)19-7-4-16-18(28-19)6-5-17(24)20(16)21(31)27-14-22(32)9-3-10-23(25,26)13-22/h4-7,15,32H,3,8-14H2,1-2H3,(H,27,31)/t15-,22?/m0/s1. The number of nitrogens with one attached hydrogen (secondary N) is 1. The van der Waals surface area contributed by atoms with Crippen LogP contribution in [0.5, 0.6) is 0 Å². The number of likely N-dealkylation sites (N-methyl/N-ethyl adjacent to an activating group) is 1. The molecule has 2 atom stereocenters. The van der Waals surface area contributed by atoms with Crippen LogP contribution in [-0.4, -0.2) is 72.2 Å². The molecule has 0 spiro atoms. The Kier molecular flexibility index (Phi) is 6.31. The van der Waals surface area contributed by atoms with Crippen molar-refractivity contribution in [3.63, 3.8) is 0 Å². The molecule has 0 radical (unpaired) electrons. The third kappa shape index (κ3) is 4.82. The molecule has 4 rings (SSSR count). The summed E-state index contributed by atoms with van der Waals surface area (Å²) in [5, 5.41) is 14.0. The molecular weight excluding hydrogens is 438 g/mol. The molecule has 2 N–H and O–H groups in total. The van der Waals surface area contributed by atoms with Crippen molar-refractivity contribution < 1.29 is 18.7 Å². The van der Waals surface area contributed by atoms with Crippen LogP contribution in [0.4, 0.5) is 14.6 Å². The molecule has 0 bridgehead atoms. The van der Waals surface area contributed by atoms with Crippen LogP contribution in [0, 0.1) is 0 Å². The molecule has 1 amide bonds. The molecule has 1 saturated carbocycles. The van der Waals surface area contributed by atoms with E-state index in [1.54, 1.807) is 12.1 Å². The number of anilines is 1. The molecule has 2 aromatic rings. The molecule has 6 nitrogen and oxygen atoms in total. The molecule has 32 heavy (non-hydrogen) atoms. The average Bonchev–Trinajstić information content (AvgIpc) is 3.21. The number of amides is 1. The van der Waals surface area contributed by atoms with Gasteiger partial charge in [0.2, 0.25) is 0 Å². The van der Waals surface area contributed by atoms with E-state index in [4.69, 9.17) is 16.6 Å². The number of nitrogens with zero attached hydrogens (tertiary/aromatic N) is 3. The summed E-state index contributed by atoms with van der Waals surface area (Å²) in [4.78, 5) is 22.1. The topological polar surface area (TPSA) is 68.7 Å². The van der Waals surface area contributed by atoms with Crippen LogP contribution >= 0.6 is 11.6 Å². The van der Waals surface area contributed by atoms with E-state index >= 15 is 0 Å². The molecule has 1 aliphatic carbocycles. The first-order valence-corrected chi connectivity index (χ1v) is 11.3. The van der Waals surface area contributed by atoms with Crippen LogP contribution in [-0.2, 0) is 0 Å². The van der Waals surface area contributed by atoms with Crippen molar-refractivity contribution in [2.75, 3.05) is 38.6 Å². The highest BCUT2D eigenvalue weighted by atomic mass is 35.5. The van der Waals surface area contributed by atoms with Gasteiger partial charge >= 0.3 is 0 Å². The van der Waals surface area contributed by atoms with Gasteiger partial charge in [-0.15, -0.1) is 0 Å². The molecule has 2 fully saturated rings. The van der Waals surface area contributed by atoms with Gasteiger partial charge in [-0.05, 0) is 57.6 Å². The van der Waals surface area contributed by atoms with E-state index in [2.05, 4.69) is 29.2 Å². The minimum Gasteiger partial charge on any atom is -0.388 e. The maximum Gasteiger partial charge on any atom is 0.253 e. The number of benzene rings is 1. The van der Waals surface area contributed by atoms with Gasteiger partial charge in [-0.3, -0.25) is 4.79 Å². The van der Waals surface area contributed by atoms with Crippen molar-refractivity contribution in [1.82, 2.24) is 15.2 Å². The van der Waals surface area contributed by atoms with Gasteiger partial charge in [-0.25, -0.2) is 13.8 Å². The molecule has 9 heteroatoms. The number of fused-ring (bicyclic) bond motifs is 1.